The second kappa shape index (κ2) is 6.57. The Hall–Kier alpha value is -2.47. The van der Waals surface area contributed by atoms with Gasteiger partial charge in [-0.15, -0.1) is 5.10 Å². The number of thioether (sulfide) groups is 1. The van der Waals surface area contributed by atoms with Crippen LogP contribution in [0.3, 0.4) is 0 Å². The highest BCUT2D eigenvalue weighted by molar-refractivity contribution is 7.99. The number of ketones is 1. The van der Waals surface area contributed by atoms with Crippen molar-refractivity contribution in [3.8, 4) is 11.1 Å². The van der Waals surface area contributed by atoms with Crippen LogP contribution in [-0.2, 0) is 0 Å². The summed E-state index contributed by atoms with van der Waals surface area (Å²) in [6.07, 6.45) is 2.24. The van der Waals surface area contributed by atoms with Crippen LogP contribution in [0.15, 0.2) is 59.8 Å². The molecule has 0 saturated heterocycles. The Kier molecular flexibility index (Phi) is 4.13. The number of hydrogen-bond donors (Lipinski definition) is 0. The van der Waals surface area contributed by atoms with E-state index in [1.165, 1.54) is 11.8 Å². The van der Waals surface area contributed by atoms with Crippen molar-refractivity contribution >= 4 is 17.5 Å². The lowest BCUT2D eigenvalue weighted by Crippen LogP contribution is -2.05. The number of benzene rings is 2. The highest BCUT2D eigenvalue weighted by Gasteiger charge is 2.28. The van der Waals surface area contributed by atoms with E-state index in [4.69, 9.17) is 0 Å². The lowest BCUT2D eigenvalue weighted by atomic mass is 10.0. The Morgan fingerprint density at radius 1 is 1.04 bits per heavy atom. The standard InChI is InChI=1S/C18H16N4OS/c23-17(12-24-18-19-20-21-22(18)16-10-11-16)15-8-6-14(7-9-15)13-4-2-1-3-5-13/h1-9,16H,10-12H2. The number of carbonyl (C=O) groups excluding carboxylic acids is 1. The summed E-state index contributed by atoms with van der Waals surface area (Å²) < 4.78 is 1.83. The van der Waals surface area contributed by atoms with Crippen molar-refractivity contribution in [1.82, 2.24) is 20.2 Å². The van der Waals surface area contributed by atoms with Crippen molar-refractivity contribution in [2.24, 2.45) is 0 Å². The quantitative estimate of drug-likeness (QED) is 0.508. The van der Waals surface area contributed by atoms with Crippen molar-refractivity contribution in [3.05, 3.63) is 60.2 Å². The SMILES string of the molecule is O=C(CSc1nnnn1C1CC1)c1ccc(-c2ccccc2)cc1. The van der Waals surface area contributed by atoms with Crippen molar-refractivity contribution in [1.29, 1.82) is 0 Å². The molecule has 5 nitrogen and oxygen atoms in total. The fourth-order valence-electron chi connectivity index (χ4n) is 2.52. The molecule has 1 fully saturated rings. The molecule has 4 rings (SSSR count). The van der Waals surface area contributed by atoms with Crippen LogP contribution in [0.2, 0.25) is 0 Å². The third kappa shape index (κ3) is 3.23. The van der Waals surface area contributed by atoms with E-state index in [0.717, 1.165) is 29.1 Å². The van der Waals surface area contributed by atoms with Gasteiger partial charge >= 0.3 is 0 Å². The van der Waals surface area contributed by atoms with Gasteiger partial charge in [0.2, 0.25) is 5.16 Å². The Balaban J connectivity index is 1.42. The maximum absolute atomic E-state index is 12.4. The molecular weight excluding hydrogens is 320 g/mol. The third-order valence-electron chi connectivity index (χ3n) is 4.00. The average molecular weight is 336 g/mol. The highest BCUT2D eigenvalue weighted by atomic mass is 32.2. The third-order valence-corrected chi connectivity index (χ3v) is 4.94. The molecule has 2 aromatic carbocycles. The summed E-state index contributed by atoms with van der Waals surface area (Å²) >= 11 is 1.40. The Labute approximate surface area is 144 Å². The van der Waals surface area contributed by atoms with E-state index in [-0.39, 0.29) is 5.78 Å². The molecule has 0 unspecified atom stereocenters. The van der Waals surface area contributed by atoms with Gasteiger partial charge < -0.3 is 0 Å². The first-order chi connectivity index (χ1) is 11.8. The van der Waals surface area contributed by atoms with Gasteiger partial charge in [0.25, 0.3) is 0 Å². The molecule has 0 bridgehead atoms. The molecule has 1 aliphatic rings. The highest BCUT2D eigenvalue weighted by Crippen LogP contribution is 2.36. The molecule has 1 aliphatic carbocycles. The Morgan fingerprint density at radius 3 is 2.46 bits per heavy atom. The van der Waals surface area contributed by atoms with E-state index in [1.807, 2.05) is 47.1 Å². The van der Waals surface area contributed by atoms with Crippen molar-refractivity contribution < 1.29 is 4.79 Å². The molecule has 1 saturated carbocycles. The van der Waals surface area contributed by atoms with E-state index in [9.17, 15) is 4.79 Å². The predicted molar refractivity (Wildman–Crippen MR) is 93.0 cm³/mol. The van der Waals surface area contributed by atoms with Gasteiger partial charge in [0, 0.05) is 5.56 Å². The van der Waals surface area contributed by atoms with Crippen LogP contribution in [0.4, 0.5) is 0 Å². The molecule has 120 valence electrons. The van der Waals surface area contributed by atoms with Crippen molar-refractivity contribution in [3.63, 3.8) is 0 Å². The molecule has 1 aromatic heterocycles. The average Bonchev–Trinajstić information content (AvgIpc) is 3.38. The van der Waals surface area contributed by atoms with Crippen LogP contribution < -0.4 is 0 Å². The number of carbonyl (C=O) groups is 1. The Bertz CT molecular complexity index is 841. The van der Waals surface area contributed by atoms with Gasteiger partial charge in [0.05, 0.1) is 11.8 Å². The fraction of sp³-hybridized carbons (Fsp3) is 0.222. The number of tetrazole rings is 1. The minimum absolute atomic E-state index is 0.0879. The summed E-state index contributed by atoms with van der Waals surface area (Å²) in [6.45, 7) is 0. The number of hydrogen-bond acceptors (Lipinski definition) is 5. The fourth-order valence-corrected chi connectivity index (χ4v) is 3.36. The van der Waals surface area contributed by atoms with E-state index >= 15 is 0 Å². The van der Waals surface area contributed by atoms with Crippen LogP contribution in [0.1, 0.15) is 29.2 Å². The first-order valence-corrected chi connectivity index (χ1v) is 8.89. The minimum atomic E-state index is 0.0879. The lowest BCUT2D eigenvalue weighted by molar-refractivity contribution is 0.102. The molecular formula is C18H16N4OS. The lowest BCUT2D eigenvalue weighted by Gasteiger charge is -2.04. The predicted octanol–water partition coefficient (Wildman–Crippen LogP) is 3.65. The van der Waals surface area contributed by atoms with Crippen molar-refractivity contribution in [2.45, 2.75) is 24.0 Å². The molecule has 0 radical (unpaired) electrons. The normalized spacial score (nSPS) is 13.8. The van der Waals surface area contributed by atoms with Crippen LogP contribution >= 0.6 is 11.8 Å². The van der Waals surface area contributed by atoms with Crippen molar-refractivity contribution in [2.75, 3.05) is 5.75 Å². The van der Waals surface area contributed by atoms with Crippen LogP contribution in [0, 0.1) is 0 Å². The Morgan fingerprint density at radius 2 is 1.75 bits per heavy atom. The maximum atomic E-state index is 12.4. The van der Waals surface area contributed by atoms with Gasteiger partial charge in [-0.25, -0.2) is 4.68 Å². The van der Waals surface area contributed by atoms with E-state index in [2.05, 4.69) is 27.7 Å². The topological polar surface area (TPSA) is 60.7 Å². The largest absolute Gasteiger partial charge is 0.293 e. The van der Waals surface area contributed by atoms with Crippen LogP contribution in [0.5, 0.6) is 0 Å². The smallest absolute Gasteiger partial charge is 0.210 e. The van der Waals surface area contributed by atoms with Gasteiger partial charge in [-0.3, -0.25) is 4.79 Å². The first-order valence-electron chi connectivity index (χ1n) is 7.90. The summed E-state index contributed by atoms with van der Waals surface area (Å²) in [4.78, 5) is 12.4. The molecule has 0 aliphatic heterocycles. The van der Waals surface area contributed by atoms with Gasteiger partial charge in [-0.05, 0) is 34.4 Å². The summed E-state index contributed by atoms with van der Waals surface area (Å²) in [6, 6.07) is 18.3. The maximum Gasteiger partial charge on any atom is 0.210 e. The number of rotatable bonds is 6. The number of aromatic nitrogens is 4. The molecule has 6 heteroatoms. The molecule has 0 atom stereocenters. The van der Waals surface area contributed by atoms with Gasteiger partial charge in [0.1, 0.15) is 0 Å². The van der Waals surface area contributed by atoms with Crippen LogP contribution in [0.25, 0.3) is 11.1 Å². The molecule has 1 heterocycles. The van der Waals surface area contributed by atoms with Gasteiger partial charge in [-0.1, -0.05) is 66.4 Å². The molecule has 0 amide bonds. The van der Waals surface area contributed by atoms with Crippen LogP contribution in [-0.4, -0.2) is 31.7 Å². The molecule has 24 heavy (non-hydrogen) atoms. The zero-order chi connectivity index (χ0) is 16.4. The minimum Gasteiger partial charge on any atom is -0.293 e. The van der Waals surface area contributed by atoms with Gasteiger partial charge in [-0.2, -0.15) is 0 Å². The molecule has 0 spiro atoms. The number of nitrogens with zero attached hydrogens (tertiary/aromatic N) is 4. The zero-order valence-corrected chi connectivity index (χ0v) is 13.8. The number of Topliss-reactive ketones (excluding diaryl/α,β-unsaturated/α-hetero) is 1. The van der Waals surface area contributed by atoms with E-state index in [0.29, 0.717) is 17.4 Å². The summed E-state index contributed by atoms with van der Waals surface area (Å²) in [5, 5.41) is 12.4. The second-order valence-corrected chi connectivity index (χ2v) is 6.73. The van der Waals surface area contributed by atoms with E-state index < -0.39 is 0 Å². The van der Waals surface area contributed by atoms with Gasteiger partial charge in [0.15, 0.2) is 5.78 Å². The monoisotopic (exact) mass is 336 g/mol. The summed E-state index contributed by atoms with van der Waals surface area (Å²) in [5.41, 5.74) is 2.97. The second-order valence-electron chi connectivity index (χ2n) is 5.79. The van der Waals surface area contributed by atoms with E-state index in [1.54, 1.807) is 0 Å². The molecule has 3 aromatic rings. The zero-order valence-electron chi connectivity index (χ0n) is 13.0. The molecule has 0 N–H and O–H groups in total. The first kappa shape index (κ1) is 15.1. The summed E-state index contributed by atoms with van der Waals surface area (Å²) in [5.74, 6) is 0.433. The summed E-state index contributed by atoms with van der Waals surface area (Å²) in [7, 11) is 0.